The maximum Gasteiger partial charge on any atom is 0.317 e. The highest BCUT2D eigenvalue weighted by atomic mass is 32.2. The van der Waals surface area contributed by atoms with Crippen LogP contribution in [0.25, 0.3) is 0 Å². The van der Waals surface area contributed by atoms with Crippen molar-refractivity contribution in [1.82, 2.24) is 10.2 Å². The number of carboxylic acid groups (broad SMARTS) is 1. The molecular formula is C12H22N2O3S. The van der Waals surface area contributed by atoms with Crippen molar-refractivity contribution in [3.8, 4) is 0 Å². The van der Waals surface area contributed by atoms with E-state index in [0.29, 0.717) is 6.42 Å². The second-order valence-electron chi connectivity index (χ2n) is 4.85. The van der Waals surface area contributed by atoms with Gasteiger partial charge in [0.25, 0.3) is 0 Å². The summed E-state index contributed by atoms with van der Waals surface area (Å²) in [5.74, 6) is -0.368. The van der Waals surface area contributed by atoms with Gasteiger partial charge in [-0.25, -0.2) is 4.79 Å². The van der Waals surface area contributed by atoms with Crippen molar-refractivity contribution in [2.45, 2.75) is 38.3 Å². The lowest BCUT2D eigenvalue weighted by Crippen LogP contribution is -2.49. The van der Waals surface area contributed by atoms with Gasteiger partial charge in [0, 0.05) is 24.9 Å². The van der Waals surface area contributed by atoms with Crippen LogP contribution >= 0.6 is 11.8 Å². The molecular weight excluding hydrogens is 252 g/mol. The van der Waals surface area contributed by atoms with Crippen LogP contribution in [0.2, 0.25) is 0 Å². The van der Waals surface area contributed by atoms with Gasteiger partial charge in [-0.3, -0.25) is 4.79 Å². The summed E-state index contributed by atoms with van der Waals surface area (Å²) < 4.78 is 0. The van der Waals surface area contributed by atoms with Crippen molar-refractivity contribution in [3.63, 3.8) is 0 Å². The molecule has 3 atom stereocenters. The number of rotatable bonds is 5. The van der Waals surface area contributed by atoms with Crippen molar-refractivity contribution in [2.75, 3.05) is 19.1 Å². The number of nitrogens with zero attached hydrogens (tertiary/aromatic N) is 1. The fourth-order valence-corrected chi connectivity index (χ4v) is 2.95. The van der Waals surface area contributed by atoms with Crippen LogP contribution in [0.3, 0.4) is 0 Å². The Morgan fingerprint density at radius 1 is 1.50 bits per heavy atom. The van der Waals surface area contributed by atoms with Gasteiger partial charge in [0.05, 0.1) is 5.92 Å². The van der Waals surface area contributed by atoms with Crippen LogP contribution in [0, 0.1) is 5.92 Å². The highest BCUT2D eigenvalue weighted by Gasteiger charge is 2.34. The molecule has 0 aromatic rings. The van der Waals surface area contributed by atoms with Crippen molar-refractivity contribution in [3.05, 3.63) is 0 Å². The zero-order valence-electron chi connectivity index (χ0n) is 11.2. The van der Waals surface area contributed by atoms with Gasteiger partial charge >= 0.3 is 12.0 Å². The summed E-state index contributed by atoms with van der Waals surface area (Å²) in [5, 5.41) is 11.9. The van der Waals surface area contributed by atoms with Gasteiger partial charge < -0.3 is 15.3 Å². The van der Waals surface area contributed by atoms with E-state index in [1.54, 1.807) is 23.7 Å². The van der Waals surface area contributed by atoms with E-state index in [1.165, 1.54) is 0 Å². The van der Waals surface area contributed by atoms with Gasteiger partial charge in [-0.15, -0.1) is 0 Å². The largest absolute Gasteiger partial charge is 0.481 e. The van der Waals surface area contributed by atoms with E-state index in [2.05, 4.69) is 5.32 Å². The Hall–Kier alpha value is -0.910. The summed E-state index contributed by atoms with van der Waals surface area (Å²) in [6.45, 7) is 1.99. The standard InChI is InChI=1S/C12H22N2O3S/c1-8(7-18-3)14(2)12(17)13-10-6-4-5-9(10)11(15)16/h8-10H,4-7H2,1-3H3,(H,13,17)(H,15,16). The maximum absolute atomic E-state index is 12.0. The molecule has 0 spiro atoms. The molecule has 0 bridgehead atoms. The number of carbonyl (C=O) groups excluding carboxylic acids is 1. The van der Waals surface area contributed by atoms with E-state index in [1.807, 2.05) is 13.2 Å². The first-order valence-corrected chi connectivity index (χ1v) is 7.61. The number of thioether (sulfide) groups is 1. The number of carbonyl (C=O) groups is 2. The minimum Gasteiger partial charge on any atom is -0.481 e. The molecule has 3 unspecified atom stereocenters. The third-order valence-corrected chi connectivity index (χ3v) is 4.35. The van der Waals surface area contributed by atoms with Gasteiger partial charge in [0.1, 0.15) is 0 Å². The minimum atomic E-state index is -0.808. The number of aliphatic carboxylic acids is 1. The van der Waals surface area contributed by atoms with Gasteiger partial charge in [-0.1, -0.05) is 6.42 Å². The highest BCUT2D eigenvalue weighted by molar-refractivity contribution is 7.98. The quantitative estimate of drug-likeness (QED) is 0.799. The van der Waals surface area contributed by atoms with E-state index in [4.69, 9.17) is 5.11 Å². The lowest BCUT2D eigenvalue weighted by molar-refractivity contribution is -0.142. The molecule has 1 rings (SSSR count). The lowest BCUT2D eigenvalue weighted by Gasteiger charge is -2.27. The summed E-state index contributed by atoms with van der Waals surface area (Å²) in [6, 6.07) is -0.252. The summed E-state index contributed by atoms with van der Waals surface area (Å²) in [7, 11) is 1.75. The Labute approximate surface area is 112 Å². The molecule has 0 heterocycles. The molecule has 1 aliphatic rings. The average Bonchev–Trinajstić information content (AvgIpc) is 2.76. The summed E-state index contributed by atoms with van der Waals surface area (Å²) in [6.07, 6.45) is 4.28. The zero-order valence-corrected chi connectivity index (χ0v) is 12.0. The molecule has 0 saturated heterocycles. The topological polar surface area (TPSA) is 69.6 Å². The average molecular weight is 274 g/mol. The number of carboxylic acids is 1. The van der Waals surface area contributed by atoms with E-state index in [0.717, 1.165) is 18.6 Å². The third-order valence-electron chi connectivity index (χ3n) is 3.53. The van der Waals surface area contributed by atoms with Crippen LogP contribution in [0.1, 0.15) is 26.2 Å². The molecule has 1 saturated carbocycles. The van der Waals surface area contributed by atoms with Crippen LogP contribution in [-0.4, -0.2) is 53.1 Å². The first kappa shape index (κ1) is 15.1. The van der Waals surface area contributed by atoms with Crippen LogP contribution < -0.4 is 5.32 Å². The van der Waals surface area contributed by atoms with Gasteiger partial charge in [-0.2, -0.15) is 11.8 Å². The molecule has 5 nitrogen and oxygen atoms in total. The molecule has 6 heteroatoms. The monoisotopic (exact) mass is 274 g/mol. The molecule has 2 N–H and O–H groups in total. The van der Waals surface area contributed by atoms with Crippen LogP contribution in [0.15, 0.2) is 0 Å². The van der Waals surface area contributed by atoms with E-state index in [-0.39, 0.29) is 18.1 Å². The minimum absolute atomic E-state index is 0.143. The second-order valence-corrected chi connectivity index (χ2v) is 5.76. The Balaban J connectivity index is 2.51. The van der Waals surface area contributed by atoms with Gasteiger partial charge in [0.15, 0.2) is 0 Å². The summed E-state index contributed by atoms with van der Waals surface area (Å²) >= 11 is 1.69. The normalized spacial score (nSPS) is 24.6. The van der Waals surface area contributed by atoms with Crippen LogP contribution in [0.5, 0.6) is 0 Å². The van der Waals surface area contributed by atoms with Crippen molar-refractivity contribution < 1.29 is 14.7 Å². The molecule has 0 aromatic heterocycles. The summed E-state index contributed by atoms with van der Waals surface area (Å²) in [4.78, 5) is 24.7. The van der Waals surface area contributed by atoms with Crippen LogP contribution in [-0.2, 0) is 4.79 Å². The Kier molecular flexibility index (Phi) is 5.78. The number of amides is 2. The fourth-order valence-electron chi connectivity index (χ4n) is 2.24. The summed E-state index contributed by atoms with van der Waals surface area (Å²) in [5.41, 5.74) is 0. The highest BCUT2D eigenvalue weighted by Crippen LogP contribution is 2.26. The molecule has 2 amide bonds. The Morgan fingerprint density at radius 3 is 2.72 bits per heavy atom. The van der Waals surface area contributed by atoms with Gasteiger partial charge in [-0.05, 0) is 26.0 Å². The Bertz CT molecular complexity index is 312. The number of urea groups is 1. The third kappa shape index (κ3) is 3.80. The first-order valence-electron chi connectivity index (χ1n) is 6.22. The molecule has 0 radical (unpaired) electrons. The zero-order chi connectivity index (χ0) is 13.7. The van der Waals surface area contributed by atoms with Gasteiger partial charge in [0.2, 0.25) is 0 Å². The second kappa shape index (κ2) is 6.87. The molecule has 1 aliphatic carbocycles. The van der Waals surface area contributed by atoms with Crippen molar-refractivity contribution in [2.24, 2.45) is 5.92 Å². The molecule has 0 aromatic carbocycles. The predicted molar refractivity (Wildman–Crippen MR) is 72.9 cm³/mol. The molecule has 1 fully saturated rings. The van der Waals surface area contributed by atoms with E-state index >= 15 is 0 Å². The number of nitrogens with one attached hydrogen (secondary N) is 1. The number of hydrogen-bond donors (Lipinski definition) is 2. The smallest absolute Gasteiger partial charge is 0.317 e. The first-order chi connectivity index (χ1) is 8.47. The Morgan fingerprint density at radius 2 is 2.17 bits per heavy atom. The predicted octanol–water partition coefficient (Wildman–Crippen LogP) is 1.63. The molecule has 18 heavy (non-hydrogen) atoms. The molecule has 104 valence electrons. The van der Waals surface area contributed by atoms with Crippen LogP contribution in [0.4, 0.5) is 4.79 Å². The van der Waals surface area contributed by atoms with Crippen molar-refractivity contribution >= 4 is 23.8 Å². The molecule has 0 aliphatic heterocycles. The lowest BCUT2D eigenvalue weighted by atomic mass is 10.0. The SMILES string of the molecule is CSCC(C)N(C)C(=O)NC1CCCC1C(=O)O. The fraction of sp³-hybridized carbons (Fsp3) is 0.833. The van der Waals surface area contributed by atoms with E-state index < -0.39 is 11.9 Å². The maximum atomic E-state index is 12.0. The van der Waals surface area contributed by atoms with E-state index in [9.17, 15) is 9.59 Å². The number of hydrogen-bond acceptors (Lipinski definition) is 3. The van der Waals surface area contributed by atoms with Crippen molar-refractivity contribution in [1.29, 1.82) is 0 Å².